The molecule has 0 aliphatic carbocycles. The molecule has 1 rings (SSSR count). The van der Waals surface area contributed by atoms with Crippen LogP contribution >= 0.6 is 11.8 Å². The highest BCUT2D eigenvalue weighted by atomic mass is 32.2. The number of carboxylic acids is 1. The van der Waals surface area contributed by atoms with E-state index in [-0.39, 0.29) is 5.76 Å². The third kappa shape index (κ3) is 12.7. The molecular weight excluding hydrogens is 360 g/mol. The van der Waals surface area contributed by atoms with E-state index < -0.39 is 18.2 Å². The van der Waals surface area contributed by atoms with Crippen LogP contribution in [0.2, 0.25) is 0 Å². The van der Waals surface area contributed by atoms with Crippen molar-refractivity contribution < 1.29 is 19.1 Å². The number of Topliss-reactive ketones (excluding diaryl/α,β-unsaturated/α-hetero) is 1. The molecule has 0 radical (unpaired) electrons. The van der Waals surface area contributed by atoms with E-state index >= 15 is 0 Å². The lowest BCUT2D eigenvalue weighted by molar-refractivity contribution is -0.135. The predicted octanol–water partition coefficient (Wildman–Crippen LogP) is 7.12. The van der Waals surface area contributed by atoms with Gasteiger partial charge in [-0.1, -0.05) is 95.7 Å². The van der Waals surface area contributed by atoms with Gasteiger partial charge in [0.1, 0.15) is 6.42 Å². The fourth-order valence-corrected chi connectivity index (χ4v) is 3.93. The zero-order valence-corrected chi connectivity index (χ0v) is 17.7. The molecule has 0 saturated carbocycles. The van der Waals surface area contributed by atoms with E-state index in [4.69, 9.17) is 9.52 Å². The summed E-state index contributed by atoms with van der Waals surface area (Å²) in [7, 11) is 0. The van der Waals surface area contributed by atoms with Crippen LogP contribution in [0.4, 0.5) is 0 Å². The molecule has 0 aliphatic rings. The van der Waals surface area contributed by atoms with Crippen molar-refractivity contribution in [3.63, 3.8) is 0 Å². The fourth-order valence-electron chi connectivity index (χ4n) is 3.06. The molecular formula is C22H36O4S. The second kappa shape index (κ2) is 15.8. The van der Waals surface area contributed by atoms with Crippen LogP contribution in [0.25, 0.3) is 0 Å². The van der Waals surface area contributed by atoms with E-state index in [1.165, 1.54) is 77.0 Å². The highest BCUT2D eigenvalue weighted by Gasteiger charge is 2.14. The van der Waals surface area contributed by atoms with Crippen LogP contribution in [-0.2, 0) is 4.79 Å². The SMILES string of the molecule is CCCCCCCCCCCCCCCSc1ccc(C(=O)CC(=O)O)o1. The first-order valence-corrected chi connectivity index (χ1v) is 11.6. The lowest BCUT2D eigenvalue weighted by atomic mass is 10.1. The van der Waals surface area contributed by atoms with Gasteiger partial charge in [-0.25, -0.2) is 0 Å². The van der Waals surface area contributed by atoms with Gasteiger partial charge in [-0.3, -0.25) is 9.59 Å². The minimum absolute atomic E-state index is 0.144. The van der Waals surface area contributed by atoms with E-state index in [2.05, 4.69) is 6.92 Å². The van der Waals surface area contributed by atoms with Crippen LogP contribution in [0, 0.1) is 0 Å². The second-order valence-corrected chi connectivity index (χ2v) is 8.30. The number of ketones is 1. The third-order valence-corrected chi connectivity index (χ3v) is 5.66. The molecule has 27 heavy (non-hydrogen) atoms. The van der Waals surface area contributed by atoms with Crippen LogP contribution in [0.3, 0.4) is 0 Å². The summed E-state index contributed by atoms with van der Waals surface area (Å²) in [5.41, 5.74) is 0. The number of thioether (sulfide) groups is 1. The molecule has 0 bridgehead atoms. The van der Waals surface area contributed by atoms with Gasteiger partial charge in [0.2, 0.25) is 5.78 Å². The van der Waals surface area contributed by atoms with Crippen molar-refractivity contribution in [2.45, 2.75) is 102 Å². The molecule has 1 N–H and O–H groups in total. The number of carbonyl (C=O) groups excluding carboxylic acids is 1. The van der Waals surface area contributed by atoms with Crippen molar-refractivity contribution in [3.05, 3.63) is 17.9 Å². The van der Waals surface area contributed by atoms with Crippen LogP contribution < -0.4 is 0 Å². The van der Waals surface area contributed by atoms with Crippen LogP contribution in [0.1, 0.15) is 107 Å². The van der Waals surface area contributed by atoms with E-state index in [0.29, 0.717) is 5.09 Å². The Morgan fingerprint density at radius 3 is 1.89 bits per heavy atom. The normalized spacial score (nSPS) is 11.0. The zero-order valence-electron chi connectivity index (χ0n) is 16.8. The Labute approximate surface area is 168 Å². The number of furan rings is 1. The molecule has 0 atom stereocenters. The maximum absolute atomic E-state index is 11.6. The summed E-state index contributed by atoms with van der Waals surface area (Å²) in [5, 5.41) is 9.33. The number of aliphatic carboxylic acids is 1. The first-order valence-electron chi connectivity index (χ1n) is 10.6. The molecule has 0 spiro atoms. The summed E-state index contributed by atoms with van der Waals surface area (Å²) in [6, 6.07) is 3.32. The van der Waals surface area contributed by atoms with E-state index in [1.54, 1.807) is 23.9 Å². The van der Waals surface area contributed by atoms with Crippen molar-refractivity contribution in [3.8, 4) is 0 Å². The molecule has 1 aromatic heterocycles. The highest BCUT2D eigenvalue weighted by molar-refractivity contribution is 7.99. The smallest absolute Gasteiger partial charge is 0.311 e. The Morgan fingerprint density at radius 1 is 0.852 bits per heavy atom. The van der Waals surface area contributed by atoms with Gasteiger partial charge in [0.15, 0.2) is 10.9 Å². The first-order chi connectivity index (χ1) is 13.1. The number of carbonyl (C=O) groups is 2. The van der Waals surface area contributed by atoms with Gasteiger partial charge in [-0.2, -0.15) is 0 Å². The lowest BCUT2D eigenvalue weighted by Gasteiger charge is -2.03. The molecule has 0 amide bonds. The Kier molecular flexibility index (Phi) is 13.9. The topological polar surface area (TPSA) is 67.5 Å². The van der Waals surface area contributed by atoms with Gasteiger partial charge < -0.3 is 9.52 Å². The minimum Gasteiger partial charge on any atom is -0.481 e. The minimum atomic E-state index is -1.13. The molecule has 0 fully saturated rings. The Hall–Kier alpha value is -1.23. The fraction of sp³-hybridized carbons (Fsp3) is 0.727. The molecule has 4 nitrogen and oxygen atoms in total. The second-order valence-electron chi connectivity index (χ2n) is 7.20. The van der Waals surface area contributed by atoms with Gasteiger partial charge in [0, 0.05) is 5.75 Å². The van der Waals surface area contributed by atoms with Crippen molar-refractivity contribution in [1.82, 2.24) is 0 Å². The number of unbranched alkanes of at least 4 members (excludes halogenated alkanes) is 12. The van der Waals surface area contributed by atoms with Gasteiger partial charge in [0.05, 0.1) is 0 Å². The number of carboxylic acid groups (broad SMARTS) is 1. The third-order valence-electron chi connectivity index (χ3n) is 4.66. The highest BCUT2D eigenvalue weighted by Crippen LogP contribution is 2.23. The van der Waals surface area contributed by atoms with E-state index in [0.717, 1.165) is 12.2 Å². The van der Waals surface area contributed by atoms with Gasteiger partial charge >= 0.3 is 5.97 Å². The largest absolute Gasteiger partial charge is 0.481 e. The summed E-state index contributed by atoms with van der Waals surface area (Å²) >= 11 is 1.59. The summed E-state index contributed by atoms with van der Waals surface area (Å²) in [6.45, 7) is 2.26. The standard InChI is InChI=1S/C22H36O4S/c1-2-3-4-5-6-7-8-9-10-11-12-13-14-17-27-22-16-15-20(26-22)19(23)18-21(24)25/h15-16H,2-14,17-18H2,1H3,(H,24,25). The van der Waals surface area contributed by atoms with Crippen molar-refractivity contribution >= 4 is 23.5 Å². The summed E-state index contributed by atoms with van der Waals surface area (Å²) in [4.78, 5) is 22.1. The molecule has 0 aliphatic heterocycles. The maximum atomic E-state index is 11.6. The van der Waals surface area contributed by atoms with E-state index in [1.807, 2.05) is 0 Å². The van der Waals surface area contributed by atoms with Gasteiger partial charge in [-0.15, -0.1) is 0 Å². The average molecular weight is 397 g/mol. The van der Waals surface area contributed by atoms with Crippen molar-refractivity contribution in [1.29, 1.82) is 0 Å². The Bertz CT molecular complexity index is 524. The summed E-state index contributed by atoms with van der Waals surface area (Å²) in [6.07, 6.45) is 17.0. The molecule has 154 valence electrons. The molecule has 0 saturated heterocycles. The first kappa shape index (κ1) is 23.8. The van der Waals surface area contributed by atoms with Crippen LogP contribution in [-0.4, -0.2) is 22.6 Å². The monoisotopic (exact) mass is 396 g/mol. The number of rotatable bonds is 18. The molecule has 0 unspecified atom stereocenters. The zero-order chi connectivity index (χ0) is 19.7. The van der Waals surface area contributed by atoms with Crippen molar-refractivity contribution in [2.75, 3.05) is 5.75 Å². The van der Waals surface area contributed by atoms with E-state index in [9.17, 15) is 9.59 Å². The lowest BCUT2D eigenvalue weighted by Crippen LogP contribution is -2.05. The summed E-state index contributed by atoms with van der Waals surface area (Å²) < 4.78 is 5.41. The Morgan fingerprint density at radius 2 is 1.37 bits per heavy atom. The van der Waals surface area contributed by atoms with Gasteiger partial charge in [-0.05, 0) is 18.6 Å². The summed E-state index contributed by atoms with van der Waals surface area (Å²) in [5.74, 6) is -0.490. The molecule has 0 aromatic carbocycles. The molecule has 5 heteroatoms. The predicted molar refractivity (Wildman–Crippen MR) is 112 cm³/mol. The number of hydrogen-bond donors (Lipinski definition) is 1. The Balaban J connectivity index is 1.91. The molecule has 1 heterocycles. The maximum Gasteiger partial charge on any atom is 0.311 e. The van der Waals surface area contributed by atoms with Crippen LogP contribution in [0.15, 0.2) is 21.6 Å². The van der Waals surface area contributed by atoms with Crippen LogP contribution in [0.5, 0.6) is 0 Å². The average Bonchev–Trinajstić information content (AvgIpc) is 3.10. The quantitative estimate of drug-likeness (QED) is 0.124. The van der Waals surface area contributed by atoms with Crippen molar-refractivity contribution in [2.24, 2.45) is 0 Å². The van der Waals surface area contributed by atoms with Gasteiger partial charge in [0.25, 0.3) is 0 Å². The molecule has 1 aromatic rings. The number of hydrogen-bond acceptors (Lipinski definition) is 4.